The predicted molar refractivity (Wildman–Crippen MR) is 105 cm³/mol. The molecular formula is C20H26N2O4S. The fourth-order valence-electron chi connectivity index (χ4n) is 3.15. The minimum Gasteiger partial charge on any atom is -0.394 e. The molecule has 27 heavy (non-hydrogen) atoms. The van der Waals surface area contributed by atoms with E-state index in [1.54, 1.807) is 16.4 Å². The maximum absolute atomic E-state index is 12.9. The summed E-state index contributed by atoms with van der Waals surface area (Å²) < 4.78 is 32.6. The molecule has 3 rings (SSSR count). The molecule has 0 spiro atoms. The molecule has 1 saturated heterocycles. The molecule has 1 aliphatic heterocycles. The molecule has 1 N–H and O–H groups in total. The highest BCUT2D eigenvalue weighted by Crippen LogP contribution is 2.23. The average molecular weight is 391 g/mol. The lowest BCUT2D eigenvalue weighted by atomic mass is 10.1. The van der Waals surface area contributed by atoms with Crippen LogP contribution in [0.15, 0.2) is 59.5 Å². The third-order valence-corrected chi connectivity index (χ3v) is 6.63. The highest BCUT2D eigenvalue weighted by atomic mass is 32.2. The van der Waals surface area contributed by atoms with Gasteiger partial charge in [-0.15, -0.1) is 0 Å². The lowest BCUT2D eigenvalue weighted by Gasteiger charge is -2.33. The molecule has 0 saturated carbocycles. The third-order valence-electron chi connectivity index (χ3n) is 4.72. The Kier molecular flexibility index (Phi) is 6.98. The Morgan fingerprint density at radius 3 is 2.11 bits per heavy atom. The van der Waals surface area contributed by atoms with Crippen molar-refractivity contribution in [2.24, 2.45) is 0 Å². The van der Waals surface area contributed by atoms with Gasteiger partial charge in [-0.2, -0.15) is 4.31 Å². The number of rotatable bonds is 8. The summed E-state index contributed by atoms with van der Waals surface area (Å²) in [6.07, 6.45) is 0. The fourth-order valence-corrected chi connectivity index (χ4v) is 4.57. The zero-order chi connectivity index (χ0) is 19.1. The van der Waals surface area contributed by atoms with Crippen LogP contribution in [0.4, 0.5) is 0 Å². The monoisotopic (exact) mass is 390 g/mol. The van der Waals surface area contributed by atoms with Crippen molar-refractivity contribution in [1.82, 2.24) is 9.21 Å². The number of hydrogen-bond acceptors (Lipinski definition) is 5. The van der Waals surface area contributed by atoms with Gasteiger partial charge in [-0.05, 0) is 23.3 Å². The van der Waals surface area contributed by atoms with Crippen molar-refractivity contribution in [2.45, 2.75) is 4.90 Å². The van der Waals surface area contributed by atoms with E-state index in [1.807, 2.05) is 42.5 Å². The van der Waals surface area contributed by atoms with Crippen LogP contribution in [-0.2, 0) is 14.8 Å². The number of nitrogens with zero attached hydrogens (tertiary/aromatic N) is 2. The second kappa shape index (κ2) is 9.43. The molecule has 0 atom stereocenters. The van der Waals surface area contributed by atoms with E-state index >= 15 is 0 Å². The molecule has 0 aliphatic carbocycles. The summed E-state index contributed by atoms with van der Waals surface area (Å²) >= 11 is 0. The predicted octanol–water partition coefficient (Wildman–Crippen LogP) is 1.67. The highest BCUT2D eigenvalue weighted by molar-refractivity contribution is 7.89. The summed E-state index contributed by atoms with van der Waals surface area (Å²) in [5.41, 5.74) is 2.07. The number of piperazine rings is 1. The van der Waals surface area contributed by atoms with Gasteiger partial charge < -0.3 is 9.84 Å². The van der Waals surface area contributed by atoms with Crippen LogP contribution in [0.25, 0.3) is 11.1 Å². The summed E-state index contributed by atoms with van der Waals surface area (Å²) in [6, 6.07) is 17.0. The summed E-state index contributed by atoms with van der Waals surface area (Å²) in [4.78, 5) is 2.52. The Balaban J connectivity index is 1.59. The van der Waals surface area contributed by atoms with Crippen LogP contribution >= 0.6 is 0 Å². The number of ether oxygens (including phenoxy) is 1. The van der Waals surface area contributed by atoms with Crippen LogP contribution in [0.5, 0.6) is 0 Å². The minimum atomic E-state index is -3.47. The SMILES string of the molecule is O=S(=O)(c1ccc(-c2ccccc2)cc1)N1CCN(CCOCCO)CC1. The first kappa shape index (κ1) is 20.0. The number of hydrogen-bond donors (Lipinski definition) is 1. The molecule has 1 aliphatic rings. The van der Waals surface area contributed by atoms with E-state index in [9.17, 15) is 8.42 Å². The molecule has 2 aromatic carbocycles. The van der Waals surface area contributed by atoms with Crippen LogP contribution < -0.4 is 0 Å². The van der Waals surface area contributed by atoms with Gasteiger partial charge in [0, 0.05) is 32.7 Å². The first-order valence-electron chi connectivity index (χ1n) is 9.18. The van der Waals surface area contributed by atoms with Gasteiger partial charge in [-0.3, -0.25) is 4.90 Å². The lowest BCUT2D eigenvalue weighted by Crippen LogP contribution is -2.49. The van der Waals surface area contributed by atoms with Crippen molar-refractivity contribution in [3.63, 3.8) is 0 Å². The Bertz CT molecular complexity index is 802. The molecule has 7 heteroatoms. The van der Waals surface area contributed by atoms with Gasteiger partial charge in [-0.25, -0.2) is 8.42 Å². The quantitative estimate of drug-likeness (QED) is 0.695. The minimum absolute atomic E-state index is 0.0229. The van der Waals surface area contributed by atoms with Crippen LogP contribution in [0.3, 0.4) is 0 Å². The second-order valence-electron chi connectivity index (χ2n) is 6.47. The lowest BCUT2D eigenvalue weighted by molar-refractivity contribution is 0.0661. The summed E-state index contributed by atoms with van der Waals surface area (Å²) in [5, 5.41) is 8.71. The van der Waals surface area contributed by atoms with Crippen molar-refractivity contribution >= 4 is 10.0 Å². The number of benzene rings is 2. The van der Waals surface area contributed by atoms with E-state index in [0.717, 1.165) is 17.7 Å². The van der Waals surface area contributed by atoms with Crippen LogP contribution in [0.1, 0.15) is 0 Å². The second-order valence-corrected chi connectivity index (χ2v) is 8.41. The number of aliphatic hydroxyl groups excluding tert-OH is 1. The summed E-state index contributed by atoms with van der Waals surface area (Å²) in [5.74, 6) is 0. The van der Waals surface area contributed by atoms with Gasteiger partial charge in [0.2, 0.25) is 10.0 Å². The maximum atomic E-state index is 12.9. The van der Waals surface area contributed by atoms with Crippen molar-refractivity contribution in [3.8, 4) is 11.1 Å². The van der Waals surface area contributed by atoms with Crippen molar-refractivity contribution in [2.75, 3.05) is 52.5 Å². The first-order chi connectivity index (χ1) is 13.1. The molecule has 2 aromatic rings. The molecule has 0 radical (unpaired) electrons. The molecule has 0 amide bonds. The van der Waals surface area contributed by atoms with E-state index < -0.39 is 10.0 Å². The summed E-state index contributed by atoms with van der Waals surface area (Å²) in [6.45, 7) is 3.98. The zero-order valence-electron chi connectivity index (χ0n) is 15.3. The molecule has 6 nitrogen and oxygen atoms in total. The first-order valence-corrected chi connectivity index (χ1v) is 10.6. The Labute approximate surface area is 161 Å². The van der Waals surface area contributed by atoms with Crippen LogP contribution in [-0.4, -0.2) is 75.3 Å². The summed E-state index contributed by atoms with van der Waals surface area (Å²) in [7, 11) is -3.47. The molecule has 0 unspecified atom stereocenters. The number of sulfonamides is 1. The van der Waals surface area contributed by atoms with Gasteiger partial charge in [0.1, 0.15) is 0 Å². The normalized spacial score (nSPS) is 16.5. The van der Waals surface area contributed by atoms with Gasteiger partial charge in [0.05, 0.1) is 24.7 Å². The topological polar surface area (TPSA) is 70.1 Å². The smallest absolute Gasteiger partial charge is 0.243 e. The third kappa shape index (κ3) is 5.15. The van der Waals surface area contributed by atoms with Gasteiger partial charge in [0.15, 0.2) is 0 Å². The van der Waals surface area contributed by atoms with Crippen molar-refractivity contribution in [1.29, 1.82) is 0 Å². The van der Waals surface area contributed by atoms with Crippen molar-refractivity contribution < 1.29 is 18.3 Å². The molecule has 0 aromatic heterocycles. The Morgan fingerprint density at radius 1 is 0.852 bits per heavy atom. The van der Waals surface area contributed by atoms with Gasteiger partial charge in [0.25, 0.3) is 0 Å². The largest absolute Gasteiger partial charge is 0.394 e. The molecule has 1 fully saturated rings. The highest BCUT2D eigenvalue weighted by Gasteiger charge is 2.28. The van der Waals surface area contributed by atoms with Gasteiger partial charge >= 0.3 is 0 Å². The Morgan fingerprint density at radius 2 is 1.48 bits per heavy atom. The Hall–Kier alpha value is -1.77. The van der Waals surface area contributed by atoms with Crippen LogP contribution in [0, 0.1) is 0 Å². The van der Waals surface area contributed by atoms with E-state index in [1.165, 1.54) is 0 Å². The van der Waals surface area contributed by atoms with E-state index in [0.29, 0.717) is 44.3 Å². The van der Waals surface area contributed by atoms with Crippen LogP contribution in [0.2, 0.25) is 0 Å². The van der Waals surface area contributed by atoms with E-state index in [2.05, 4.69) is 4.90 Å². The van der Waals surface area contributed by atoms with E-state index in [-0.39, 0.29) is 6.61 Å². The molecule has 146 valence electrons. The van der Waals surface area contributed by atoms with Gasteiger partial charge in [-0.1, -0.05) is 42.5 Å². The average Bonchev–Trinajstić information content (AvgIpc) is 2.72. The fraction of sp³-hybridized carbons (Fsp3) is 0.400. The molecule has 1 heterocycles. The zero-order valence-corrected chi connectivity index (χ0v) is 16.1. The van der Waals surface area contributed by atoms with Crippen molar-refractivity contribution in [3.05, 3.63) is 54.6 Å². The maximum Gasteiger partial charge on any atom is 0.243 e. The van der Waals surface area contributed by atoms with E-state index in [4.69, 9.17) is 9.84 Å². The standard InChI is InChI=1S/C20H26N2O4S/c23-15-17-26-16-14-21-10-12-22(13-11-21)27(24,25)20-8-6-19(7-9-20)18-4-2-1-3-5-18/h1-9,23H,10-17H2. The molecule has 0 bridgehead atoms. The molecular weight excluding hydrogens is 364 g/mol. The number of aliphatic hydroxyl groups is 1.